The molecule has 2 aromatic carbocycles. The summed E-state index contributed by atoms with van der Waals surface area (Å²) < 4.78 is 13.7. The van der Waals surface area contributed by atoms with Crippen LogP contribution in [-0.4, -0.2) is 5.78 Å². The fourth-order valence-electron chi connectivity index (χ4n) is 1.67. The van der Waals surface area contributed by atoms with Gasteiger partial charge in [0, 0.05) is 15.6 Å². The zero-order chi connectivity index (χ0) is 13.3. The number of rotatable bonds is 2. The fraction of sp³-hybridized carbons (Fsp3) is 0.0714. The number of hydrogen-bond donors (Lipinski definition) is 0. The number of benzene rings is 2. The first-order chi connectivity index (χ1) is 8.49. The third kappa shape index (κ3) is 2.62. The quantitative estimate of drug-likeness (QED) is 0.725. The maximum Gasteiger partial charge on any atom is 0.193 e. The van der Waals surface area contributed by atoms with Crippen LogP contribution in [0.25, 0.3) is 0 Å². The minimum absolute atomic E-state index is 0.165. The summed E-state index contributed by atoms with van der Waals surface area (Å²) in [6.45, 7) is 1.71. The van der Waals surface area contributed by atoms with Gasteiger partial charge in [-0.3, -0.25) is 4.79 Å². The molecule has 2 rings (SSSR count). The fourth-order valence-corrected chi connectivity index (χ4v) is 2.10. The van der Waals surface area contributed by atoms with Crippen molar-refractivity contribution in [3.63, 3.8) is 0 Å². The number of carbonyl (C=O) groups is 1. The molecule has 0 fully saturated rings. The number of halogens is 3. The van der Waals surface area contributed by atoms with Crippen molar-refractivity contribution in [2.45, 2.75) is 6.92 Å². The van der Waals surface area contributed by atoms with Gasteiger partial charge < -0.3 is 0 Å². The molecule has 0 spiro atoms. The third-order valence-electron chi connectivity index (χ3n) is 2.61. The SMILES string of the molecule is Cc1cc(F)ccc1C(=O)c1ccc(Br)c(Cl)c1. The second-order valence-corrected chi connectivity index (χ2v) is 5.18. The van der Waals surface area contributed by atoms with Crippen molar-refractivity contribution in [1.82, 2.24) is 0 Å². The second kappa shape index (κ2) is 5.21. The molecule has 0 radical (unpaired) electrons. The predicted molar refractivity (Wildman–Crippen MR) is 73.7 cm³/mol. The van der Waals surface area contributed by atoms with Crippen molar-refractivity contribution in [2.24, 2.45) is 0 Å². The van der Waals surface area contributed by atoms with Crippen molar-refractivity contribution in [3.05, 3.63) is 68.4 Å². The van der Waals surface area contributed by atoms with E-state index in [0.717, 1.165) is 4.47 Å². The van der Waals surface area contributed by atoms with Gasteiger partial charge in [-0.05, 0) is 64.8 Å². The molecule has 2 aromatic rings. The smallest absolute Gasteiger partial charge is 0.193 e. The lowest BCUT2D eigenvalue weighted by atomic mass is 9.99. The van der Waals surface area contributed by atoms with E-state index in [4.69, 9.17) is 11.6 Å². The Morgan fingerprint density at radius 1 is 1.22 bits per heavy atom. The lowest BCUT2D eigenvalue weighted by molar-refractivity contribution is 0.103. The van der Waals surface area contributed by atoms with E-state index >= 15 is 0 Å². The summed E-state index contributed by atoms with van der Waals surface area (Å²) in [5, 5.41) is 0.473. The van der Waals surface area contributed by atoms with Crippen molar-refractivity contribution >= 4 is 33.3 Å². The number of ketones is 1. The van der Waals surface area contributed by atoms with E-state index in [-0.39, 0.29) is 11.6 Å². The molecule has 0 aliphatic carbocycles. The third-order valence-corrected chi connectivity index (χ3v) is 3.85. The Balaban J connectivity index is 2.44. The molecule has 0 amide bonds. The van der Waals surface area contributed by atoms with Gasteiger partial charge in [0.25, 0.3) is 0 Å². The summed E-state index contributed by atoms with van der Waals surface area (Å²) in [5.41, 5.74) is 1.58. The summed E-state index contributed by atoms with van der Waals surface area (Å²) in [6, 6.07) is 9.10. The molecule has 0 aliphatic heterocycles. The summed E-state index contributed by atoms with van der Waals surface area (Å²) in [4.78, 5) is 12.2. The van der Waals surface area contributed by atoms with Crippen LogP contribution in [0.15, 0.2) is 40.9 Å². The average molecular weight is 328 g/mol. The first-order valence-electron chi connectivity index (χ1n) is 5.25. The highest BCUT2D eigenvalue weighted by Crippen LogP contribution is 2.25. The predicted octanol–water partition coefficient (Wildman–Crippen LogP) is 4.78. The highest BCUT2D eigenvalue weighted by molar-refractivity contribution is 9.10. The summed E-state index contributed by atoms with van der Waals surface area (Å²) in [7, 11) is 0. The molecule has 92 valence electrons. The lowest BCUT2D eigenvalue weighted by Gasteiger charge is -2.06. The van der Waals surface area contributed by atoms with Crippen LogP contribution in [0, 0.1) is 12.7 Å². The maximum atomic E-state index is 13.0. The molecule has 0 aliphatic rings. The van der Waals surface area contributed by atoms with Crippen molar-refractivity contribution in [1.29, 1.82) is 0 Å². The molecule has 4 heteroatoms. The molecular weight excluding hydrogens is 319 g/mol. The van der Waals surface area contributed by atoms with Crippen LogP contribution in [0.4, 0.5) is 4.39 Å². The minimum atomic E-state index is -0.349. The van der Waals surface area contributed by atoms with Gasteiger partial charge >= 0.3 is 0 Å². The second-order valence-electron chi connectivity index (χ2n) is 3.92. The van der Waals surface area contributed by atoms with Crippen LogP contribution in [0.1, 0.15) is 21.5 Å². The van der Waals surface area contributed by atoms with Crippen LogP contribution in [-0.2, 0) is 0 Å². The lowest BCUT2D eigenvalue weighted by Crippen LogP contribution is -2.04. The van der Waals surface area contributed by atoms with E-state index < -0.39 is 0 Å². The summed E-state index contributed by atoms with van der Waals surface area (Å²) in [6.07, 6.45) is 0. The van der Waals surface area contributed by atoms with Gasteiger partial charge in [0.1, 0.15) is 5.82 Å². The van der Waals surface area contributed by atoms with Crippen LogP contribution in [0.2, 0.25) is 5.02 Å². The van der Waals surface area contributed by atoms with Gasteiger partial charge in [0.2, 0.25) is 0 Å². The number of aryl methyl sites for hydroxylation is 1. The van der Waals surface area contributed by atoms with Gasteiger partial charge in [0.05, 0.1) is 5.02 Å². The monoisotopic (exact) mass is 326 g/mol. The van der Waals surface area contributed by atoms with E-state index in [1.807, 2.05) is 0 Å². The Hall–Kier alpha value is -1.19. The molecule has 1 nitrogen and oxygen atoms in total. The van der Waals surface area contributed by atoms with Gasteiger partial charge in [-0.15, -0.1) is 0 Å². The van der Waals surface area contributed by atoms with E-state index in [9.17, 15) is 9.18 Å². The Kier molecular flexibility index (Phi) is 3.83. The number of hydrogen-bond acceptors (Lipinski definition) is 1. The zero-order valence-corrected chi connectivity index (χ0v) is 11.8. The molecule has 0 atom stereocenters. The van der Waals surface area contributed by atoms with E-state index in [2.05, 4.69) is 15.9 Å². The summed E-state index contributed by atoms with van der Waals surface area (Å²) >= 11 is 9.22. The Morgan fingerprint density at radius 3 is 2.56 bits per heavy atom. The highest BCUT2D eigenvalue weighted by atomic mass is 79.9. The Bertz CT molecular complexity index is 625. The summed E-state index contributed by atoms with van der Waals surface area (Å²) in [5.74, 6) is -0.514. The molecule has 0 aromatic heterocycles. The van der Waals surface area contributed by atoms with E-state index in [1.165, 1.54) is 18.2 Å². The Morgan fingerprint density at radius 2 is 1.94 bits per heavy atom. The highest BCUT2D eigenvalue weighted by Gasteiger charge is 2.13. The van der Waals surface area contributed by atoms with E-state index in [0.29, 0.717) is 21.7 Å². The van der Waals surface area contributed by atoms with Gasteiger partial charge in [-0.1, -0.05) is 11.6 Å². The molecule has 0 bridgehead atoms. The van der Waals surface area contributed by atoms with Gasteiger partial charge in [0.15, 0.2) is 5.78 Å². The van der Waals surface area contributed by atoms with Crippen LogP contribution in [0.5, 0.6) is 0 Å². The molecule has 0 N–H and O–H groups in total. The van der Waals surface area contributed by atoms with Crippen LogP contribution in [0.3, 0.4) is 0 Å². The molecule has 0 unspecified atom stereocenters. The van der Waals surface area contributed by atoms with Crippen molar-refractivity contribution in [2.75, 3.05) is 0 Å². The Labute approximate surface area is 118 Å². The first kappa shape index (κ1) is 13.2. The van der Waals surface area contributed by atoms with E-state index in [1.54, 1.807) is 25.1 Å². The normalized spacial score (nSPS) is 10.4. The molecular formula is C14H9BrClFO. The van der Waals surface area contributed by atoms with Crippen LogP contribution >= 0.6 is 27.5 Å². The average Bonchev–Trinajstić information content (AvgIpc) is 2.32. The zero-order valence-electron chi connectivity index (χ0n) is 9.51. The largest absolute Gasteiger partial charge is 0.289 e. The molecule has 0 saturated heterocycles. The van der Waals surface area contributed by atoms with Crippen molar-refractivity contribution < 1.29 is 9.18 Å². The minimum Gasteiger partial charge on any atom is -0.289 e. The number of carbonyl (C=O) groups excluding carboxylic acids is 1. The molecule has 18 heavy (non-hydrogen) atoms. The van der Waals surface area contributed by atoms with Gasteiger partial charge in [-0.2, -0.15) is 0 Å². The first-order valence-corrected chi connectivity index (χ1v) is 6.42. The standard InChI is InChI=1S/C14H9BrClFO/c1-8-6-10(17)3-4-11(8)14(18)9-2-5-12(15)13(16)7-9/h2-7H,1H3. The maximum absolute atomic E-state index is 13.0. The van der Waals surface area contributed by atoms with Gasteiger partial charge in [-0.25, -0.2) is 4.39 Å². The van der Waals surface area contributed by atoms with Crippen molar-refractivity contribution in [3.8, 4) is 0 Å². The van der Waals surface area contributed by atoms with Crippen LogP contribution < -0.4 is 0 Å². The topological polar surface area (TPSA) is 17.1 Å². The molecule has 0 saturated carbocycles. The molecule has 0 heterocycles.